The number of benzene rings is 5. The number of aromatic carboxylic acids is 1. The molecule has 83 heavy (non-hydrogen) atoms. The molecule has 454 valence electrons. The monoisotopic (exact) mass is 1140 g/mol. The molecule has 0 atom stereocenters. The highest BCUT2D eigenvalue weighted by molar-refractivity contribution is 5.88. The molecule has 0 aliphatic carbocycles. The normalized spacial score (nSPS) is 11.4. The quantitative estimate of drug-likeness (QED) is 0.0300. The Morgan fingerprint density at radius 1 is 0.277 bits per heavy atom. The number of hydrogen-bond acceptors (Lipinski definition) is 11. The molecule has 0 heterocycles. The molecule has 0 saturated heterocycles. The van der Waals surface area contributed by atoms with Crippen LogP contribution < -0.4 is 28.4 Å². The molecule has 0 fully saturated rings. The maximum Gasteiger partial charge on any atom is 0.335 e. The Hall–Kier alpha value is -6.43. The molecule has 5 aromatic rings. The van der Waals surface area contributed by atoms with Crippen molar-refractivity contribution in [1.29, 1.82) is 0 Å². The largest absolute Gasteiger partial charge is 0.494 e. The van der Waals surface area contributed by atoms with Crippen LogP contribution in [0.15, 0.2) is 136 Å². The van der Waals surface area contributed by atoms with E-state index in [4.69, 9.17) is 28.4 Å². The van der Waals surface area contributed by atoms with Crippen LogP contribution in [0.5, 0.6) is 34.5 Å². The average Bonchev–Trinajstić information content (AvgIpc) is 3.57. The van der Waals surface area contributed by atoms with Gasteiger partial charge in [-0.3, -0.25) is 0 Å². The van der Waals surface area contributed by atoms with Crippen LogP contribution >= 0.6 is 0 Å². The van der Waals surface area contributed by atoms with Gasteiger partial charge >= 0.3 is 5.97 Å². The molecule has 0 radical (unpaired) electrons. The van der Waals surface area contributed by atoms with Crippen molar-refractivity contribution in [2.45, 2.75) is 219 Å². The van der Waals surface area contributed by atoms with Crippen molar-refractivity contribution in [3.63, 3.8) is 0 Å². The van der Waals surface area contributed by atoms with Crippen molar-refractivity contribution in [3.05, 3.63) is 121 Å². The molecule has 0 spiro atoms. The van der Waals surface area contributed by atoms with Crippen LogP contribution in [0.3, 0.4) is 0 Å². The number of carboxylic acid groups (broad SMARTS) is 1. The van der Waals surface area contributed by atoms with Crippen LogP contribution in [0.4, 0.5) is 22.7 Å². The fourth-order valence-corrected chi connectivity index (χ4v) is 9.67. The molecule has 12 heteroatoms. The maximum absolute atomic E-state index is 11.9. The molecule has 1 N–H and O–H groups in total. The fourth-order valence-electron chi connectivity index (χ4n) is 9.67. The van der Waals surface area contributed by atoms with Gasteiger partial charge in [0.1, 0.15) is 34.5 Å². The van der Waals surface area contributed by atoms with Crippen molar-refractivity contribution in [2.24, 2.45) is 20.5 Å². The highest BCUT2D eigenvalue weighted by Gasteiger charge is 2.10. The number of nitrogens with zero attached hydrogens (tertiary/aromatic N) is 4. The molecule has 5 rings (SSSR count). The smallest absolute Gasteiger partial charge is 0.335 e. The molecule has 0 aliphatic heterocycles. The first kappa shape index (κ1) is 67.4. The lowest BCUT2D eigenvalue weighted by Crippen LogP contribution is -2.03. The summed E-state index contributed by atoms with van der Waals surface area (Å²) in [6, 6.07) is 36.2. The van der Waals surface area contributed by atoms with Gasteiger partial charge in [-0.05, 0) is 148 Å². The molecule has 5 aromatic carbocycles. The van der Waals surface area contributed by atoms with Crippen LogP contribution in [0, 0.1) is 0 Å². The number of carboxylic acids is 1. The Bertz CT molecular complexity index is 2290. The third-order valence-corrected chi connectivity index (χ3v) is 14.7. The number of ether oxygens (including phenoxy) is 6. The van der Waals surface area contributed by atoms with Crippen LogP contribution in [-0.4, -0.2) is 50.7 Å². The standard InChI is InChI=1S/C71H102N4O8/c1-3-5-7-9-23-29-51-78-65-43-35-61(36-44-65)72-74-63-39-47-67(48-40-63)80-53-31-25-19-15-11-13-17-21-27-33-55-82-69-57-60(71(76)77)58-70(59-69)83-56-34-28-22-18-14-12-16-20-26-32-54-81-68-49-41-64(42-50-68)75-73-62-37-45-66(46-38-62)79-52-30-24-10-8-6-4-2/h35-50,57-59H,3-34,51-56H2,1-2H3,(H,76,77). The van der Waals surface area contributed by atoms with E-state index in [1.165, 1.54) is 154 Å². The number of azo groups is 2. The van der Waals surface area contributed by atoms with Crippen molar-refractivity contribution in [1.82, 2.24) is 0 Å². The molecule has 0 aromatic heterocycles. The lowest BCUT2D eigenvalue weighted by Gasteiger charge is -2.11. The summed E-state index contributed by atoms with van der Waals surface area (Å²) in [4.78, 5) is 11.9. The minimum atomic E-state index is -0.977. The van der Waals surface area contributed by atoms with Crippen LogP contribution in [0.2, 0.25) is 0 Å². The van der Waals surface area contributed by atoms with E-state index in [1.54, 1.807) is 12.1 Å². The summed E-state index contributed by atoms with van der Waals surface area (Å²) >= 11 is 0. The lowest BCUT2D eigenvalue weighted by molar-refractivity contribution is 0.0695. The number of carbonyl (C=O) groups is 1. The van der Waals surface area contributed by atoms with Gasteiger partial charge in [0, 0.05) is 6.07 Å². The number of hydrogen-bond donors (Lipinski definition) is 1. The topological polar surface area (TPSA) is 142 Å². The van der Waals surface area contributed by atoms with E-state index in [1.807, 2.05) is 103 Å². The predicted molar refractivity (Wildman–Crippen MR) is 340 cm³/mol. The predicted octanol–water partition coefficient (Wildman–Crippen LogP) is 22.4. The Balaban J connectivity index is 0.776. The van der Waals surface area contributed by atoms with Crippen molar-refractivity contribution in [3.8, 4) is 34.5 Å². The van der Waals surface area contributed by atoms with E-state index in [0.717, 1.165) is 124 Å². The zero-order valence-electron chi connectivity index (χ0n) is 50.9. The van der Waals surface area contributed by atoms with Gasteiger partial charge < -0.3 is 33.5 Å². The highest BCUT2D eigenvalue weighted by atomic mass is 16.5. The van der Waals surface area contributed by atoms with Crippen molar-refractivity contribution in [2.75, 3.05) is 39.6 Å². The molecular weight excluding hydrogens is 1040 g/mol. The lowest BCUT2D eigenvalue weighted by atomic mass is 10.1. The van der Waals surface area contributed by atoms with Gasteiger partial charge in [-0.1, -0.05) is 181 Å². The van der Waals surface area contributed by atoms with E-state index in [0.29, 0.717) is 24.7 Å². The summed E-state index contributed by atoms with van der Waals surface area (Å²) in [6.07, 6.45) is 38.4. The molecule has 0 unspecified atom stereocenters. The van der Waals surface area contributed by atoms with Crippen LogP contribution in [0.25, 0.3) is 0 Å². The van der Waals surface area contributed by atoms with Gasteiger partial charge in [0.05, 0.1) is 68.0 Å². The van der Waals surface area contributed by atoms with Crippen LogP contribution in [0.1, 0.15) is 230 Å². The minimum absolute atomic E-state index is 0.192. The fraction of sp³-hybridized carbons (Fsp3) is 0.563. The molecule has 12 nitrogen and oxygen atoms in total. The first-order valence-electron chi connectivity index (χ1n) is 32.4. The summed E-state index contributed by atoms with van der Waals surface area (Å²) in [5, 5.41) is 27.3. The Kier molecular flexibility index (Phi) is 36.6. The second-order valence-electron chi connectivity index (χ2n) is 22.1. The van der Waals surface area contributed by atoms with Gasteiger partial charge in [-0.2, -0.15) is 20.5 Å². The Labute approximate surface area is 499 Å². The molecule has 0 amide bonds. The van der Waals surface area contributed by atoms with E-state index in [2.05, 4.69) is 34.3 Å². The van der Waals surface area contributed by atoms with E-state index in [9.17, 15) is 9.90 Å². The summed E-state index contributed by atoms with van der Waals surface area (Å²) in [6.45, 7) is 8.57. The van der Waals surface area contributed by atoms with Gasteiger partial charge in [0.2, 0.25) is 0 Å². The average molecular weight is 1140 g/mol. The maximum atomic E-state index is 11.9. The molecule has 0 saturated carbocycles. The number of unbranched alkanes of at least 4 members (excludes halogenated alkanes) is 28. The van der Waals surface area contributed by atoms with Gasteiger partial charge in [-0.25, -0.2) is 4.79 Å². The summed E-state index contributed by atoms with van der Waals surface area (Å²) in [5.74, 6) is 3.61. The molecular formula is C71H102N4O8. The van der Waals surface area contributed by atoms with Gasteiger partial charge in [0.25, 0.3) is 0 Å². The second-order valence-corrected chi connectivity index (χ2v) is 22.1. The Morgan fingerprint density at radius 2 is 0.470 bits per heavy atom. The van der Waals surface area contributed by atoms with Crippen molar-refractivity contribution < 1.29 is 38.3 Å². The Morgan fingerprint density at radius 3 is 0.675 bits per heavy atom. The molecule has 0 aliphatic rings. The first-order valence-corrected chi connectivity index (χ1v) is 32.4. The molecule has 0 bridgehead atoms. The van der Waals surface area contributed by atoms with E-state index < -0.39 is 5.97 Å². The summed E-state index contributed by atoms with van der Waals surface area (Å²) in [5.41, 5.74) is 3.37. The SMILES string of the molecule is CCCCCCCCOc1ccc(N=Nc2ccc(OCCCCCCCCCCCCOc3cc(OCCCCCCCCCCCCOc4ccc(N=Nc5ccc(OCCCCCCCC)cc5)cc4)cc(C(=O)O)c3)cc2)cc1. The zero-order valence-corrected chi connectivity index (χ0v) is 50.9. The van der Waals surface area contributed by atoms with Gasteiger partial charge in [-0.15, -0.1) is 0 Å². The van der Waals surface area contributed by atoms with Gasteiger partial charge in [0.15, 0.2) is 0 Å². The summed E-state index contributed by atoms with van der Waals surface area (Å²) < 4.78 is 35.7. The zero-order chi connectivity index (χ0) is 58.3. The third kappa shape index (κ3) is 32.9. The highest BCUT2D eigenvalue weighted by Crippen LogP contribution is 2.28. The van der Waals surface area contributed by atoms with Crippen molar-refractivity contribution >= 4 is 28.7 Å². The minimum Gasteiger partial charge on any atom is -0.494 e. The summed E-state index contributed by atoms with van der Waals surface area (Å²) in [7, 11) is 0. The van der Waals surface area contributed by atoms with Crippen LogP contribution in [-0.2, 0) is 0 Å². The van der Waals surface area contributed by atoms with E-state index in [-0.39, 0.29) is 5.56 Å². The number of rotatable bonds is 51. The third-order valence-electron chi connectivity index (χ3n) is 14.7. The first-order chi connectivity index (χ1) is 41.0. The van der Waals surface area contributed by atoms with E-state index >= 15 is 0 Å². The second kappa shape index (κ2) is 45.1.